The molecular weight excluding hydrogens is 384 g/mol. The summed E-state index contributed by atoms with van der Waals surface area (Å²) in [6.07, 6.45) is 1.50. The van der Waals surface area contributed by atoms with E-state index in [9.17, 15) is 4.79 Å². The van der Waals surface area contributed by atoms with Crippen molar-refractivity contribution >= 4 is 23.6 Å². The fraction of sp³-hybridized carbons (Fsp3) is 0.188. The summed E-state index contributed by atoms with van der Waals surface area (Å²) in [5.41, 5.74) is 1.69. The summed E-state index contributed by atoms with van der Waals surface area (Å²) >= 11 is 1.52. The van der Waals surface area contributed by atoms with Crippen molar-refractivity contribution in [3.05, 3.63) is 47.3 Å². The number of aliphatic imine (C=N–C) groups is 1. The largest absolute Gasteiger partial charge is 0.497 e. The lowest BCUT2D eigenvalue weighted by molar-refractivity contribution is -2.00. The second kappa shape index (κ2) is 10.1. The van der Waals surface area contributed by atoms with Crippen LogP contribution in [-0.2, 0) is 0 Å². The molecule has 8 nitrogen and oxygen atoms in total. The van der Waals surface area contributed by atoms with Crippen LogP contribution in [0.3, 0.4) is 0 Å². The molecule has 1 aromatic carbocycles. The number of nitrogens with zero attached hydrogens (tertiary/aromatic N) is 2. The number of hydrogen-bond acceptors (Lipinski definition) is 6. The molecule has 0 aliphatic heterocycles. The molecule has 0 spiro atoms. The van der Waals surface area contributed by atoms with E-state index in [-0.39, 0.29) is 5.91 Å². The van der Waals surface area contributed by atoms with Gasteiger partial charge in [-0.3, -0.25) is 4.79 Å². The van der Waals surface area contributed by atoms with E-state index in [0.29, 0.717) is 5.56 Å². The number of hydrogen-bond donors (Lipinski definition) is 0. The number of ether oxygens (including phenoxy) is 1. The molecule has 0 bridgehead atoms. The maximum absolute atomic E-state index is 11.8. The molecule has 0 unspecified atom stereocenters. The zero-order valence-corrected chi connectivity index (χ0v) is 15.8. The molecule has 140 valence electrons. The third-order valence-corrected chi connectivity index (χ3v) is 3.75. The van der Waals surface area contributed by atoms with Crippen LogP contribution in [-0.4, -0.2) is 38.4 Å². The minimum Gasteiger partial charge on any atom is -0.497 e. The maximum Gasteiger partial charge on any atom is 0.283 e. The van der Waals surface area contributed by atoms with E-state index in [1.54, 1.807) is 18.1 Å². The highest BCUT2D eigenvalue weighted by Crippen LogP contribution is 2.26. The van der Waals surface area contributed by atoms with Gasteiger partial charge in [0.05, 0.1) is 19.0 Å². The van der Waals surface area contributed by atoms with E-state index >= 15 is 0 Å². The predicted octanol–water partition coefficient (Wildman–Crippen LogP) is -1.32. The Bertz CT molecular complexity index is 724. The minimum atomic E-state index is -4.94. The first-order valence-electron chi connectivity index (χ1n) is 7.03. The smallest absolute Gasteiger partial charge is 0.283 e. The first-order chi connectivity index (χ1) is 12.1. The van der Waals surface area contributed by atoms with E-state index in [1.165, 1.54) is 17.7 Å². The first kappa shape index (κ1) is 21.9. The zero-order valence-electron chi connectivity index (χ0n) is 14.2. The summed E-state index contributed by atoms with van der Waals surface area (Å²) in [5, 5.41) is 1.83. The van der Waals surface area contributed by atoms with Gasteiger partial charge in [-0.1, -0.05) is 0 Å². The highest BCUT2D eigenvalue weighted by Gasteiger charge is 2.13. The van der Waals surface area contributed by atoms with Crippen molar-refractivity contribution in [1.29, 1.82) is 0 Å². The number of methoxy groups -OCH3 is 1. The van der Waals surface area contributed by atoms with Gasteiger partial charge >= 0.3 is 0 Å². The van der Waals surface area contributed by atoms with Crippen molar-refractivity contribution in [2.75, 3.05) is 21.2 Å². The molecule has 26 heavy (non-hydrogen) atoms. The molecule has 10 heteroatoms. The summed E-state index contributed by atoms with van der Waals surface area (Å²) in [7, 11) is 0.352. The topological polar surface area (TPSA) is 134 Å². The number of benzene rings is 1. The van der Waals surface area contributed by atoms with Crippen molar-refractivity contribution in [3.63, 3.8) is 0 Å². The molecule has 0 atom stereocenters. The van der Waals surface area contributed by atoms with Gasteiger partial charge in [0, 0.05) is 25.7 Å². The van der Waals surface area contributed by atoms with Crippen LogP contribution in [0.2, 0.25) is 0 Å². The van der Waals surface area contributed by atoms with Gasteiger partial charge in [-0.05, 0) is 30.3 Å². The van der Waals surface area contributed by atoms with Crippen molar-refractivity contribution in [1.82, 2.24) is 4.90 Å². The van der Waals surface area contributed by atoms with Crippen LogP contribution >= 0.6 is 11.3 Å². The van der Waals surface area contributed by atoms with E-state index < -0.39 is 10.2 Å². The second-order valence-corrected chi connectivity index (χ2v) is 6.68. The minimum absolute atomic E-state index is 0.235. The van der Waals surface area contributed by atoms with Crippen LogP contribution in [0.5, 0.6) is 5.75 Å². The molecule has 1 heterocycles. The second-order valence-electron chi connectivity index (χ2n) is 5.01. The molecular formula is C16H17ClN2O6S. The maximum atomic E-state index is 11.8. The molecule has 1 aromatic heterocycles. The van der Waals surface area contributed by atoms with E-state index in [4.69, 9.17) is 23.4 Å². The Kier molecular flexibility index (Phi) is 8.52. The van der Waals surface area contributed by atoms with Crippen LogP contribution in [0, 0.1) is 10.2 Å². The summed E-state index contributed by atoms with van der Waals surface area (Å²) in [5.74, 6) is 0.592. The third kappa shape index (κ3) is 8.81. The Morgan fingerprint density at radius 1 is 1.12 bits per heavy atom. The fourth-order valence-corrected chi connectivity index (χ4v) is 2.51. The van der Waals surface area contributed by atoms with Crippen molar-refractivity contribution in [2.45, 2.75) is 0 Å². The number of carbonyl (C=O) groups excluding carboxylic acids is 1. The van der Waals surface area contributed by atoms with Crippen molar-refractivity contribution in [3.8, 4) is 16.2 Å². The molecule has 0 fully saturated rings. The molecule has 1 amide bonds. The predicted molar refractivity (Wildman–Crippen MR) is 87.2 cm³/mol. The molecule has 0 aliphatic rings. The van der Waals surface area contributed by atoms with Crippen molar-refractivity contribution < 1.29 is 38.4 Å². The number of rotatable bonds is 4. The van der Waals surface area contributed by atoms with Crippen molar-refractivity contribution in [2.24, 2.45) is 4.99 Å². The Labute approximate surface area is 157 Å². The summed E-state index contributed by atoms with van der Waals surface area (Å²) in [6, 6.07) is 11.6. The van der Waals surface area contributed by atoms with E-state index in [1.807, 2.05) is 49.8 Å². The molecule has 2 aromatic rings. The first-order valence-corrected chi connectivity index (χ1v) is 9.14. The Balaban J connectivity index is 0.000000597. The average Bonchev–Trinajstić information content (AvgIpc) is 2.58. The van der Waals surface area contributed by atoms with Crippen LogP contribution in [0.1, 0.15) is 10.4 Å². The van der Waals surface area contributed by atoms with Gasteiger partial charge in [0.25, 0.3) is 5.91 Å². The summed E-state index contributed by atoms with van der Waals surface area (Å²) in [6.45, 7) is 0. The Morgan fingerprint density at radius 3 is 2.12 bits per heavy atom. The van der Waals surface area contributed by atoms with Crippen LogP contribution < -0.4 is 23.4 Å². The SMILES string of the molecule is COc1ccc(-c2ccc(C(=O)N=CN(C)C)c[s+]2)cc1.[O-][Cl+3]([O-])([O-])[O-]. The Morgan fingerprint density at radius 2 is 1.69 bits per heavy atom. The zero-order chi connectivity index (χ0) is 19.7. The molecule has 0 radical (unpaired) electrons. The quantitative estimate of drug-likeness (QED) is 0.353. The molecule has 0 N–H and O–H groups in total. The molecule has 0 saturated carbocycles. The highest BCUT2D eigenvalue weighted by molar-refractivity contribution is 7.13. The number of halogens is 1. The Hall–Kier alpha value is -2.14. The van der Waals surface area contributed by atoms with Gasteiger partial charge in [0.1, 0.15) is 5.75 Å². The van der Waals surface area contributed by atoms with Crippen LogP contribution in [0.4, 0.5) is 0 Å². The molecule has 0 saturated heterocycles. The number of carbonyl (C=O) groups is 1. The fourth-order valence-electron chi connectivity index (χ4n) is 1.65. The summed E-state index contributed by atoms with van der Waals surface area (Å²) < 4.78 is 39.1. The number of amides is 1. The van der Waals surface area contributed by atoms with Crippen LogP contribution in [0.15, 0.2) is 46.8 Å². The van der Waals surface area contributed by atoms with Gasteiger partial charge in [-0.2, -0.15) is 4.99 Å². The normalized spacial score (nSPS) is 10.9. The lowest BCUT2D eigenvalue weighted by atomic mass is 10.2. The third-order valence-electron chi connectivity index (χ3n) is 2.75. The van der Waals surface area contributed by atoms with Gasteiger partial charge in [-0.25, -0.2) is 18.6 Å². The van der Waals surface area contributed by atoms with Gasteiger partial charge in [0.15, 0.2) is 0 Å². The lowest BCUT2D eigenvalue weighted by Gasteiger charge is -2.17. The van der Waals surface area contributed by atoms with Gasteiger partial charge in [0.2, 0.25) is 21.6 Å². The molecule has 0 aliphatic carbocycles. The van der Waals surface area contributed by atoms with Gasteiger partial charge < -0.3 is 9.64 Å². The lowest BCUT2D eigenvalue weighted by Crippen LogP contribution is -2.68. The van der Waals surface area contributed by atoms with E-state index in [2.05, 4.69) is 4.99 Å². The summed E-state index contributed by atoms with van der Waals surface area (Å²) in [4.78, 5) is 18.5. The molecule has 2 rings (SSSR count). The standard InChI is InChI=1S/C16H17N2O2S.ClHO4/c1-18(2)11-17-16(19)13-6-9-15(21-10-13)12-4-7-14(20-3)8-5-12;2-1(3,4)5/h4-11H,1-3H3;(H,2,3,4,5)/q+1;/p-1. The monoisotopic (exact) mass is 400 g/mol. The highest BCUT2D eigenvalue weighted by atomic mass is 35.7. The van der Waals surface area contributed by atoms with E-state index in [0.717, 1.165) is 16.2 Å². The van der Waals surface area contributed by atoms with Crippen LogP contribution in [0.25, 0.3) is 10.4 Å². The van der Waals surface area contributed by atoms with Gasteiger partial charge in [-0.15, -0.1) is 10.2 Å². The average molecular weight is 401 g/mol.